The normalized spacial score (nSPS) is 12.5. The molecule has 0 unspecified atom stereocenters. The number of amides is 1. The molecule has 2 aromatic heterocycles. The zero-order chi connectivity index (χ0) is 17.1. The lowest BCUT2D eigenvalue weighted by Crippen LogP contribution is -2.34. The largest absolute Gasteiger partial charge is 0.347 e. The third-order valence-electron chi connectivity index (χ3n) is 3.89. The number of nitrogens with zero attached hydrogens (tertiary/aromatic N) is 2. The standard InChI is InChI=1S/C18H19N3O2S/c1-12(2)18(16-8-5-9-24-16)20-17(23)11-21-14-7-4-3-6-13(14)15(22)10-19-21/h3-10,12,18H,11H2,1-2H3,(H,20,23)/t18-/m1/s1. The molecule has 24 heavy (non-hydrogen) atoms. The van der Waals surface area contributed by atoms with Crippen LogP contribution in [0, 0.1) is 5.92 Å². The number of hydrogen-bond acceptors (Lipinski definition) is 4. The molecule has 0 saturated heterocycles. The van der Waals surface area contributed by atoms with Gasteiger partial charge in [-0.05, 0) is 29.5 Å². The molecule has 2 heterocycles. The van der Waals surface area contributed by atoms with Gasteiger partial charge in [0.05, 0.1) is 17.8 Å². The van der Waals surface area contributed by atoms with E-state index in [1.807, 2.05) is 23.6 Å². The van der Waals surface area contributed by atoms with E-state index in [1.54, 1.807) is 34.2 Å². The van der Waals surface area contributed by atoms with Crippen molar-refractivity contribution >= 4 is 28.1 Å². The molecule has 0 bridgehead atoms. The van der Waals surface area contributed by atoms with E-state index in [0.29, 0.717) is 10.9 Å². The van der Waals surface area contributed by atoms with Gasteiger partial charge in [-0.25, -0.2) is 0 Å². The van der Waals surface area contributed by atoms with E-state index in [9.17, 15) is 9.59 Å². The fourth-order valence-electron chi connectivity index (χ4n) is 2.68. The molecule has 1 aromatic carbocycles. The first-order valence-corrected chi connectivity index (χ1v) is 8.72. The molecule has 0 aliphatic rings. The second kappa shape index (κ2) is 6.97. The number of para-hydroxylation sites is 1. The van der Waals surface area contributed by atoms with Crippen LogP contribution in [0.25, 0.3) is 10.9 Å². The Labute approximate surface area is 143 Å². The fourth-order valence-corrected chi connectivity index (χ4v) is 3.63. The van der Waals surface area contributed by atoms with Gasteiger partial charge in [0.15, 0.2) is 0 Å². The average molecular weight is 341 g/mol. The van der Waals surface area contributed by atoms with Crippen LogP contribution in [0.5, 0.6) is 0 Å². The SMILES string of the molecule is CC(C)[C@@H](NC(=O)Cn1ncc(=O)c2ccccc21)c1cccs1. The summed E-state index contributed by atoms with van der Waals surface area (Å²) in [6.45, 7) is 4.24. The van der Waals surface area contributed by atoms with Crippen LogP contribution in [0.15, 0.2) is 52.8 Å². The maximum Gasteiger partial charge on any atom is 0.242 e. The average Bonchev–Trinajstić information content (AvgIpc) is 3.09. The lowest BCUT2D eigenvalue weighted by molar-refractivity contribution is -0.122. The Morgan fingerprint density at radius 2 is 2.04 bits per heavy atom. The lowest BCUT2D eigenvalue weighted by Gasteiger charge is -2.21. The van der Waals surface area contributed by atoms with Crippen LogP contribution in [0.4, 0.5) is 0 Å². The summed E-state index contributed by atoms with van der Waals surface area (Å²) < 4.78 is 1.57. The minimum Gasteiger partial charge on any atom is -0.347 e. The number of hydrogen-bond donors (Lipinski definition) is 1. The molecule has 1 N–H and O–H groups in total. The fraction of sp³-hybridized carbons (Fsp3) is 0.278. The van der Waals surface area contributed by atoms with Crippen molar-refractivity contribution in [3.8, 4) is 0 Å². The minimum absolute atomic E-state index is 0.0249. The Bertz CT molecular complexity index is 900. The van der Waals surface area contributed by atoms with Crippen molar-refractivity contribution in [1.29, 1.82) is 0 Å². The van der Waals surface area contributed by atoms with Crippen molar-refractivity contribution in [1.82, 2.24) is 15.1 Å². The van der Waals surface area contributed by atoms with Gasteiger partial charge in [-0.2, -0.15) is 5.10 Å². The third kappa shape index (κ3) is 3.38. The number of carbonyl (C=O) groups excluding carboxylic acids is 1. The summed E-state index contributed by atoms with van der Waals surface area (Å²) in [6, 6.07) is 11.2. The van der Waals surface area contributed by atoms with Crippen LogP contribution >= 0.6 is 11.3 Å². The topological polar surface area (TPSA) is 64.0 Å². The molecule has 0 fully saturated rings. The van der Waals surface area contributed by atoms with Crippen molar-refractivity contribution in [2.24, 2.45) is 5.92 Å². The molecule has 0 spiro atoms. The Morgan fingerprint density at radius 1 is 1.25 bits per heavy atom. The van der Waals surface area contributed by atoms with Crippen molar-refractivity contribution in [3.05, 3.63) is 63.1 Å². The van der Waals surface area contributed by atoms with Gasteiger partial charge in [0.2, 0.25) is 11.3 Å². The molecule has 5 nitrogen and oxygen atoms in total. The first-order chi connectivity index (χ1) is 11.6. The molecular formula is C18H19N3O2S. The summed E-state index contributed by atoms with van der Waals surface area (Å²) in [5.41, 5.74) is 0.526. The van der Waals surface area contributed by atoms with Crippen LogP contribution < -0.4 is 10.7 Å². The molecular weight excluding hydrogens is 322 g/mol. The predicted molar refractivity (Wildman–Crippen MR) is 96.0 cm³/mol. The molecule has 1 amide bonds. The van der Waals surface area contributed by atoms with Gasteiger partial charge in [0.25, 0.3) is 0 Å². The summed E-state index contributed by atoms with van der Waals surface area (Å²) >= 11 is 1.63. The number of thiophene rings is 1. The van der Waals surface area contributed by atoms with Gasteiger partial charge in [-0.3, -0.25) is 14.3 Å². The Kier molecular flexibility index (Phi) is 4.76. The zero-order valence-electron chi connectivity index (χ0n) is 13.6. The van der Waals surface area contributed by atoms with Crippen molar-refractivity contribution in [3.63, 3.8) is 0 Å². The Morgan fingerprint density at radius 3 is 2.75 bits per heavy atom. The highest BCUT2D eigenvalue weighted by Crippen LogP contribution is 2.25. The third-order valence-corrected chi connectivity index (χ3v) is 4.84. The maximum atomic E-state index is 12.5. The summed E-state index contributed by atoms with van der Waals surface area (Å²) in [5.74, 6) is 0.162. The molecule has 0 aliphatic carbocycles. The second-order valence-corrected chi connectivity index (χ2v) is 6.97. The van der Waals surface area contributed by atoms with Crippen molar-refractivity contribution in [2.45, 2.75) is 26.4 Å². The number of nitrogens with one attached hydrogen (secondary N) is 1. The van der Waals surface area contributed by atoms with Crippen LogP contribution in [-0.2, 0) is 11.3 Å². The van der Waals surface area contributed by atoms with E-state index in [1.165, 1.54) is 6.20 Å². The Balaban J connectivity index is 1.83. The molecule has 3 aromatic rings. The molecule has 0 saturated carbocycles. The number of rotatable bonds is 5. The van der Waals surface area contributed by atoms with E-state index >= 15 is 0 Å². The summed E-state index contributed by atoms with van der Waals surface area (Å²) in [7, 11) is 0. The molecule has 0 radical (unpaired) electrons. The number of aromatic nitrogens is 2. The second-order valence-electron chi connectivity index (χ2n) is 5.99. The van der Waals surface area contributed by atoms with Crippen LogP contribution in [0.3, 0.4) is 0 Å². The quantitative estimate of drug-likeness (QED) is 0.776. The van der Waals surface area contributed by atoms with E-state index in [-0.39, 0.29) is 29.8 Å². The van der Waals surface area contributed by atoms with Gasteiger partial charge in [0.1, 0.15) is 6.54 Å². The highest BCUT2D eigenvalue weighted by atomic mass is 32.1. The maximum absolute atomic E-state index is 12.5. The minimum atomic E-state index is -0.138. The summed E-state index contributed by atoms with van der Waals surface area (Å²) in [6.07, 6.45) is 1.26. The summed E-state index contributed by atoms with van der Waals surface area (Å²) in [5, 5.41) is 9.76. The predicted octanol–water partition coefficient (Wildman–Crippen LogP) is 2.97. The van der Waals surface area contributed by atoms with Gasteiger partial charge in [-0.1, -0.05) is 32.0 Å². The van der Waals surface area contributed by atoms with E-state index in [0.717, 1.165) is 4.88 Å². The van der Waals surface area contributed by atoms with Crippen molar-refractivity contribution in [2.75, 3.05) is 0 Å². The summed E-state index contributed by atoms with van der Waals surface area (Å²) in [4.78, 5) is 25.5. The van der Waals surface area contributed by atoms with Gasteiger partial charge in [0, 0.05) is 10.3 Å². The van der Waals surface area contributed by atoms with E-state index < -0.39 is 0 Å². The first kappa shape index (κ1) is 16.4. The zero-order valence-corrected chi connectivity index (χ0v) is 14.4. The molecule has 1 atom stereocenters. The molecule has 6 heteroatoms. The highest BCUT2D eigenvalue weighted by Gasteiger charge is 2.19. The van der Waals surface area contributed by atoms with Crippen LogP contribution in [0.1, 0.15) is 24.8 Å². The number of fused-ring (bicyclic) bond motifs is 1. The Hall–Kier alpha value is -2.47. The lowest BCUT2D eigenvalue weighted by atomic mass is 10.0. The monoisotopic (exact) mass is 341 g/mol. The smallest absolute Gasteiger partial charge is 0.242 e. The number of benzene rings is 1. The first-order valence-electron chi connectivity index (χ1n) is 7.84. The number of carbonyl (C=O) groups is 1. The van der Waals surface area contributed by atoms with Crippen LogP contribution in [0.2, 0.25) is 0 Å². The molecule has 3 rings (SSSR count). The molecule has 0 aliphatic heterocycles. The van der Waals surface area contributed by atoms with E-state index in [2.05, 4.69) is 24.3 Å². The molecule has 124 valence electrons. The van der Waals surface area contributed by atoms with Gasteiger partial charge in [-0.15, -0.1) is 11.3 Å². The van der Waals surface area contributed by atoms with E-state index in [4.69, 9.17) is 0 Å². The van der Waals surface area contributed by atoms with Gasteiger partial charge < -0.3 is 5.32 Å². The van der Waals surface area contributed by atoms with Crippen LogP contribution in [-0.4, -0.2) is 15.7 Å². The van der Waals surface area contributed by atoms with Gasteiger partial charge >= 0.3 is 0 Å². The van der Waals surface area contributed by atoms with Crippen molar-refractivity contribution < 1.29 is 4.79 Å². The highest BCUT2D eigenvalue weighted by molar-refractivity contribution is 7.10.